The molecular weight excluding hydrogens is 368 g/mol. The zero-order valence-electron chi connectivity index (χ0n) is 16.4. The molecule has 1 aromatic heterocycles. The number of amides is 2. The van der Waals surface area contributed by atoms with Gasteiger partial charge in [0.2, 0.25) is 11.8 Å². The molecule has 0 spiro atoms. The molecule has 1 aliphatic heterocycles. The molecule has 2 heterocycles. The third kappa shape index (κ3) is 3.72. The van der Waals surface area contributed by atoms with Gasteiger partial charge in [-0.3, -0.25) is 9.59 Å². The zero-order chi connectivity index (χ0) is 19.6. The summed E-state index contributed by atoms with van der Waals surface area (Å²) >= 11 is 1.73. The molecule has 2 amide bonds. The Kier molecular flexibility index (Phi) is 5.54. The minimum absolute atomic E-state index is 0.0845. The van der Waals surface area contributed by atoms with Crippen molar-refractivity contribution in [2.45, 2.75) is 39.0 Å². The highest BCUT2D eigenvalue weighted by Gasteiger charge is 2.47. The van der Waals surface area contributed by atoms with E-state index in [9.17, 15) is 9.59 Å². The molecule has 1 aromatic carbocycles. The summed E-state index contributed by atoms with van der Waals surface area (Å²) in [6, 6.07) is 12.7. The van der Waals surface area contributed by atoms with Gasteiger partial charge in [0.25, 0.3) is 0 Å². The van der Waals surface area contributed by atoms with Gasteiger partial charge >= 0.3 is 0 Å². The second kappa shape index (κ2) is 8.08. The van der Waals surface area contributed by atoms with Gasteiger partial charge in [-0.05, 0) is 55.2 Å². The molecule has 2 aliphatic rings. The third-order valence-electron chi connectivity index (χ3n) is 6.24. The van der Waals surface area contributed by atoms with Crippen LogP contribution in [0.1, 0.15) is 38.2 Å². The van der Waals surface area contributed by atoms with Crippen LogP contribution in [0.3, 0.4) is 0 Å². The highest BCUT2D eigenvalue weighted by molar-refractivity contribution is 7.13. The van der Waals surface area contributed by atoms with Crippen molar-refractivity contribution in [3.63, 3.8) is 0 Å². The minimum Gasteiger partial charge on any atom is -0.356 e. The van der Waals surface area contributed by atoms with Crippen LogP contribution in [-0.2, 0) is 16.0 Å². The van der Waals surface area contributed by atoms with E-state index in [1.807, 2.05) is 11.8 Å². The van der Waals surface area contributed by atoms with Gasteiger partial charge < -0.3 is 10.2 Å². The highest BCUT2D eigenvalue weighted by Crippen LogP contribution is 2.38. The maximum absolute atomic E-state index is 13.0. The molecule has 4 rings (SSSR count). The Bertz CT molecular complexity index is 827. The number of benzene rings is 1. The van der Waals surface area contributed by atoms with E-state index in [4.69, 9.17) is 0 Å². The van der Waals surface area contributed by atoms with Crippen molar-refractivity contribution in [3.8, 4) is 10.4 Å². The summed E-state index contributed by atoms with van der Waals surface area (Å²) in [7, 11) is 0. The highest BCUT2D eigenvalue weighted by atomic mass is 32.1. The van der Waals surface area contributed by atoms with Crippen molar-refractivity contribution < 1.29 is 9.59 Å². The smallest absolute Gasteiger partial charge is 0.228 e. The quantitative estimate of drug-likeness (QED) is 0.799. The Labute approximate surface area is 170 Å². The van der Waals surface area contributed by atoms with Crippen LogP contribution >= 0.6 is 11.3 Å². The fraction of sp³-hybridized carbons (Fsp3) is 0.478. The van der Waals surface area contributed by atoms with Gasteiger partial charge in [0.15, 0.2) is 0 Å². The van der Waals surface area contributed by atoms with Crippen LogP contribution in [0.15, 0.2) is 41.8 Å². The van der Waals surface area contributed by atoms with Crippen LogP contribution < -0.4 is 5.32 Å². The van der Waals surface area contributed by atoms with Crippen LogP contribution in [0.2, 0.25) is 0 Å². The number of thiophene rings is 1. The summed E-state index contributed by atoms with van der Waals surface area (Å²) in [6.45, 7) is 3.81. The molecule has 2 fully saturated rings. The standard InChI is InChI=1S/C23H28N2O2S/c1-2-24-22(27)23(12-13-25(16-23)21(26)19-5-3-6-19)15-17-8-10-18(11-9-17)20-7-4-14-28-20/h4,7-11,14,19H,2-3,5-6,12-13,15-16H2,1H3,(H,24,27)/t23-/m0/s1. The Morgan fingerprint density at radius 2 is 2.00 bits per heavy atom. The van der Waals surface area contributed by atoms with Crippen molar-refractivity contribution in [3.05, 3.63) is 47.3 Å². The predicted molar refractivity (Wildman–Crippen MR) is 113 cm³/mol. The van der Waals surface area contributed by atoms with Gasteiger partial charge in [-0.25, -0.2) is 0 Å². The van der Waals surface area contributed by atoms with E-state index in [0.717, 1.165) is 31.2 Å². The fourth-order valence-electron chi connectivity index (χ4n) is 4.35. The van der Waals surface area contributed by atoms with Crippen LogP contribution in [0.25, 0.3) is 10.4 Å². The molecular formula is C23H28N2O2S. The van der Waals surface area contributed by atoms with Crippen LogP contribution in [0.4, 0.5) is 0 Å². The van der Waals surface area contributed by atoms with E-state index < -0.39 is 5.41 Å². The molecule has 1 saturated heterocycles. The van der Waals surface area contributed by atoms with E-state index in [0.29, 0.717) is 26.1 Å². The normalized spacial score (nSPS) is 22.1. The summed E-state index contributed by atoms with van der Waals surface area (Å²) in [5, 5.41) is 5.11. The first-order valence-electron chi connectivity index (χ1n) is 10.3. The van der Waals surface area contributed by atoms with Crippen LogP contribution in [0.5, 0.6) is 0 Å². The second-order valence-corrected chi connectivity index (χ2v) is 9.08. The first-order chi connectivity index (χ1) is 13.6. The number of rotatable bonds is 6. The molecule has 2 aromatic rings. The van der Waals surface area contributed by atoms with Gasteiger partial charge in [-0.2, -0.15) is 0 Å². The summed E-state index contributed by atoms with van der Waals surface area (Å²) in [4.78, 5) is 28.9. The number of nitrogens with one attached hydrogen (secondary N) is 1. The van der Waals surface area contributed by atoms with Crippen molar-refractivity contribution >= 4 is 23.2 Å². The number of nitrogens with zero attached hydrogens (tertiary/aromatic N) is 1. The Morgan fingerprint density at radius 3 is 2.61 bits per heavy atom. The van der Waals surface area contributed by atoms with Gasteiger partial charge in [0.05, 0.1) is 5.41 Å². The zero-order valence-corrected chi connectivity index (χ0v) is 17.3. The van der Waals surface area contributed by atoms with E-state index in [1.165, 1.54) is 10.4 Å². The van der Waals surface area contributed by atoms with Crippen LogP contribution in [-0.4, -0.2) is 36.3 Å². The van der Waals surface area contributed by atoms with Gasteiger partial charge in [-0.15, -0.1) is 11.3 Å². The number of likely N-dealkylation sites (tertiary alicyclic amines) is 1. The predicted octanol–water partition coefficient (Wildman–Crippen LogP) is 4.11. The SMILES string of the molecule is CCNC(=O)[C@]1(Cc2ccc(-c3cccs3)cc2)CCN(C(=O)C2CCC2)C1. The fourth-order valence-corrected chi connectivity index (χ4v) is 5.09. The van der Waals surface area contributed by atoms with E-state index >= 15 is 0 Å². The van der Waals surface area contributed by atoms with Crippen molar-refractivity contribution in [2.24, 2.45) is 11.3 Å². The lowest BCUT2D eigenvalue weighted by Crippen LogP contribution is -2.46. The monoisotopic (exact) mass is 396 g/mol. The second-order valence-electron chi connectivity index (χ2n) is 8.13. The molecule has 1 atom stereocenters. The lowest BCUT2D eigenvalue weighted by atomic mass is 9.79. The summed E-state index contributed by atoms with van der Waals surface area (Å²) in [6.07, 6.45) is 4.59. The van der Waals surface area contributed by atoms with E-state index in [-0.39, 0.29) is 17.7 Å². The minimum atomic E-state index is -0.514. The van der Waals surface area contributed by atoms with E-state index in [1.54, 1.807) is 11.3 Å². The van der Waals surface area contributed by atoms with Crippen molar-refractivity contribution in [1.82, 2.24) is 10.2 Å². The summed E-state index contributed by atoms with van der Waals surface area (Å²) in [5.74, 6) is 0.529. The van der Waals surface area contributed by atoms with Gasteiger partial charge in [0, 0.05) is 30.4 Å². The molecule has 148 valence electrons. The lowest BCUT2D eigenvalue weighted by molar-refractivity contribution is -0.138. The van der Waals surface area contributed by atoms with Gasteiger partial charge in [0.1, 0.15) is 0 Å². The Balaban J connectivity index is 1.51. The largest absolute Gasteiger partial charge is 0.356 e. The first kappa shape index (κ1) is 19.2. The lowest BCUT2D eigenvalue weighted by Gasteiger charge is -2.31. The average Bonchev–Trinajstić information content (AvgIpc) is 3.32. The van der Waals surface area contributed by atoms with Crippen molar-refractivity contribution in [1.29, 1.82) is 0 Å². The molecule has 1 saturated carbocycles. The van der Waals surface area contributed by atoms with Gasteiger partial charge in [-0.1, -0.05) is 36.8 Å². The molecule has 0 unspecified atom stereocenters. The topological polar surface area (TPSA) is 49.4 Å². The molecule has 0 radical (unpaired) electrons. The number of carbonyl (C=O) groups excluding carboxylic acids is 2. The van der Waals surface area contributed by atoms with Crippen molar-refractivity contribution in [2.75, 3.05) is 19.6 Å². The first-order valence-corrected chi connectivity index (χ1v) is 11.2. The average molecular weight is 397 g/mol. The molecule has 1 aliphatic carbocycles. The molecule has 28 heavy (non-hydrogen) atoms. The number of carbonyl (C=O) groups is 2. The molecule has 4 nitrogen and oxygen atoms in total. The maximum Gasteiger partial charge on any atom is 0.228 e. The molecule has 1 N–H and O–H groups in total. The van der Waals surface area contributed by atoms with E-state index in [2.05, 4.69) is 47.1 Å². The van der Waals surface area contributed by atoms with Crippen LogP contribution in [0, 0.1) is 11.3 Å². The summed E-state index contributed by atoms with van der Waals surface area (Å²) in [5.41, 5.74) is 1.85. The Hall–Kier alpha value is -2.14. The molecule has 0 bridgehead atoms. The summed E-state index contributed by atoms with van der Waals surface area (Å²) < 4.78 is 0. The third-order valence-corrected chi connectivity index (χ3v) is 7.16. The Morgan fingerprint density at radius 1 is 1.21 bits per heavy atom. The maximum atomic E-state index is 13.0. The number of hydrogen-bond acceptors (Lipinski definition) is 3. The molecule has 5 heteroatoms. The number of hydrogen-bond donors (Lipinski definition) is 1.